The highest BCUT2D eigenvalue weighted by Crippen LogP contribution is 2.24. The van der Waals surface area contributed by atoms with Gasteiger partial charge in [0.05, 0.1) is 23.7 Å². The van der Waals surface area contributed by atoms with Crippen LogP contribution in [0.3, 0.4) is 0 Å². The number of ether oxygens (including phenoxy) is 1. The van der Waals surface area contributed by atoms with Crippen molar-refractivity contribution in [1.29, 1.82) is 0 Å². The monoisotopic (exact) mass is 547 g/mol. The third-order valence-corrected chi connectivity index (χ3v) is 5.56. The largest absolute Gasteiger partial charge is 0.492 e. The number of hydrogen-bond donors (Lipinski definition) is 0. The molecule has 0 atom stereocenters. The first-order valence-corrected chi connectivity index (χ1v) is 11.9. The van der Waals surface area contributed by atoms with Crippen molar-refractivity contribution in [2.24, 2.45) is 10.5 Å². The molecular formula is C24H27Br2N3O2. The summed E-state index contributed by atoms with van der Waals surface area (Å²) in [6.45, 7) is 9.06. The maximum absolute atomic E-state index is 13.2. The van der Waals surface area contributed by atoms with Gasteiger partial charge in [0, 0.05) is 20.9 Å². The van der Waals surface area contributed by atoms with Crippen LogP contribution in [0.5, 0.6) is 5.75 Å². The van der Waals surface area contributed by atoms with Crippen molar-refractivity contribution in [3.8, 4) is 5.75 Å². The molecule has 1 heterocycles. The average molecular weight is 549 g/mol. The molecule has 0 aliphatic heterocycles. The van der Waals surface area contributed by atoms with Crippen LogP contribution < -0.4 is 10.3 Å². The Bertz CT molecular complexity index is 1160. The molecule has 5 nitrogen and oxygen atoms in total. The third kappa shape index (κ3) is 6.26. The van der Waals surface area contributed by atoms with Crippen LogP contribution in [0.4, 0.5) is 0 Å². The average Bonchev–Trinajstić information content (AvgIpc) is 2.71. The van der Waals surface area contributed by atoms with Crippen LogP contribution in [-0.2, 0) is 6.42 Å². The van der Waals surface area contributed by atoms with Crippen LogP contribution >= 0.6 is 31.9 Å². The van der Waals surface area contributed by atoms with Crippen LogP contribution in [0.1, 0.15) is 51.9 Å². The van der Waals surface area contributed by atoms with Gasteiger partial charge in [-0.05, 0) is 48.2 Å². The quantitative estimate of drug-likeness (QED) is 0.314. The van der Waals surface area contributed by atoms with E-state index in [0.29, 0.717) is 29.8 Å². The summed E-state index contributed by atoms with van der Waals surface area (Å²) < 4.78 is 9.20. The number of hydrogen-bond acceptors (Lipinski definition) is 4. The fourth-order valence-electron chi connectivity index (χ4n) is 2.98. The minimum absolute atomic E-state index is 0.0292. The van der Waals surface area contributed by atoms with Crippen LogP contribution in [0, 0.1) is 5.41 Å². The van der Waals surface area contributed by atoms with Gasteiger partial charge in [-0.2, -0.15) is 9.78 Å². The fourth-order valence-corrected chi connectivity index (χ4v) is 3.72. The molecule has 0 bridgehead atoms. The Morgan fingerprint density at radius 3 is 2.55 bits per heavy atom. The molecule has 0 unspecified atom stereocenters. The van der Waals surface area contributed by atoms with Crippen molar-refractivity contribution in [3.05, 3.63) is 67.1 Å². The van der Waals surface area contributed by atoms with Crippen molar-refractivity contribution in [3.63, 3.8) is 0 Å². The fraction of sp³-hybridized carbons (Fsp3) is 0.375. The number of nitrogens with zero attached hydrogens (tertiary/aromatic N) is 3. The molecule has 0 saturated heterocycles. The number of halogens is 2. The molecule has 0 N–H and O–H groups in total. The zero-order valence-corrected chi connectivity index (χ0v) is 21.5. The lowest BCUT2D eigenvalue weighted by atomic mass is 9.99. The first kappa shape index (κ1) is 23.7. The van der Waals surface area contributed by atoms with Gasteiger partial charge in [-0.15, -0.1) is 0 Å². The van der Waals surface area contributed by atoms with Crippen molar-refractivity contribution >= 4 is 49.0 Å². The number of fused-ring (bicyclic) bond motifs is 1. The lowest BCUT2D eigenvalue weighted by Gasteiger charge is -2.19. The van der Waals surface area contributed by atoms with E-state index in [0.717, 1.165) is 33.1 Å². The smallest absolute Gasteiger partial charge is 0.282 e. The molecule has 1 aromatic heterocycles. The highest BCUT2D eigenvalue weighted by molar-refractivity contribution is 9.10. The maximum atomic E-state index is 13.2. The molecule has 0 spiro atoms. The maximum Gasteiger partial charge on any atom is 0.282 e. The SMILES string of the molecule is CCCCc1nc2ccc(Br)cc2c(=O)n1N=Cc1cc(Br)ccc1OCC(C)(C)C. The zero-order valence-electron chi connectivity index (χ0n) is 18.3. The van der Waals surface area contributed by atoms with Crippen molar-refractivity contribution in [2.75, 3.05) is 6.61 Å². The summed E-state index contributed by atoms with van der Waals surface area (Å²) in [5, 5.41) is 5.09. The van der Waals surface area contributed by atoms with E-state index in [2.05, 4.69) is 64.7 Å². The summed E-state index contributed by atoms with van der Waals surface area (Å²) in [6, 6.07) is 11.3. The van der Waals surface area contributed by atoms with E-state index in [4.69, 9.17) is 9.72 Å². The Labute approximate surface area is 199 Å². The van der Waals surface area contributed by atoms with E-state index in [-0.39, 0.29) is 11.0 Å². The number of aromatic nitrogens is 2. The number of aryl methyl sites for hydroxylation is 1. The molecule has 31 heavy (non-hydrogen) atoms. The Morgan fingerprint density at radius 1 is 1.13 bits per heavy atom. The Morgan fingerprint density at radius 2 is 1.84 bits per heavy atom. The molecule has 3 aromatic rings. The molecule has 7 heteroatoms. The van der Waals surface area contributed by atoms with Gasteiger partial charge < -0.3 is 4.74 Å². The van der Waals surface area contributed by atoms with Crippen molar-refractivity contribution in [1.82, 2.24) is 9.66 Å². The minimum Gasteiger partial charge on any atom is -0.492 e. The number of unbranched alkanes of at least 4 members (excludes halogenated alkanes) is 1. The molecule has 0 amide bonds. The van der Waals surface area contributed by atoms with Crippen LogP contribution in [0.2, 0.25) is 0 Å². The van der Waals surface area contributed by atoms with Crippen LogP contribution in [-0.4, -0.2) is 22.5 Å². The molecule has 0 radical (unpaired) electrons. The Balaban J connectivity index is 2.07. The summed E-state index contributed by atoms with van der Waals surface area (Å²) in [7, 11) is 0. The molecule has 164 valence electrons. The number of rotatable bonds is 7. The normalized spacial score (nSPS) is 12.1. The van der Waals surface area contributed by atoms with Gasteiger partial charge in [0.15, 0.2) is 0 Å². The van der Waals surface area contributed by atoms with E-state index in [1.165, 1.54) is 4.68 Å². The first-order chi connectivity index (χ1) is 14.7. The zero-order chi connectivity index (χ0) is 22.6. The summed E-state index contributed by atoms with van der Waals surface area (Å²) in [5.74, 6) is 1.38. The van der Waals surface area contributed by atoms with Gasteiger partial charge in [0.25, 0.3) is 5.56 Å². The van der Waals surface area contributed by atoms with E-state index in [1.807, 2.05) is 30.3 Å². The van der Waals surface area contributed by atoms with E-state index < -0.39 is 0 Å². The second-order valence-corrected chi connectivity index (χ2v) is 10.5. The second kappa shape index (κ2) is 10.1. The summed E-state index contributed by atoms with van der Waals surface area (Å²) >= 11 is 6.96. The number of benzene rings is 2. The predicted molar refractivity (Wildman–Crippen MR) is 134 cm³/mol. The second-order valence-electron chi connectivity index (χ2n) is 8.69. The molecule has 0 saturated carbocycles. The van der Waals surface area contributed by atoms with Gasteiger partial charge in [-0.25, -0.2) is 4.98 Å². The lowest BCUT2D eigenvalue weighted by molar-refractivity contribution is 0.197. The standard InChI is InChI=1S/C24H27Br2N3O2/c1-5-6-7-22-28-20-10-8-18(26)13-19(20)23(30)29(22)27-14-16-12-17(25)9-11-21(16)31-15-24(2,3)4/h8-14H,5-7,15H2,1-4H3. The topological polar surface area (TPSA) is 56.5 Å². The molecule has 2 aromatic carbocycles. The van der Waals surface area contributed by atoms with E-state index in [9.17, 15) is 4.79 Å². The molecule has 0 aliphatic carbocycles. The van der Waals surface area contributed by atoms with E-state index >= 15 is 0 Å². The van der Waals surface area contributed by atoms with E-state index in [1.54, 1.807) is 12.3 Å². The highest BCUT2D eigenvalue weighted by atomic mass is 79.9. The van der Waals surface area contributed by atoms with Crippen molar-refractivity contribution < 1.29 is 4.74 Å². The van der Waals surface area contributed by atoms with Gasteiger partial charge in [0.1, 0.15) is 11.6 Å². The molecule has 3 rings (SSSR count). The molecular weight excluding hydrogens is 522 g/mol. The third-order valence-electron chi connectivity index (χ3n) is 4.57. The molecule has 0 fully saturated rings. The van der Waals surface area contributed by atoms with Crippen LogP contribution in [0.15, 0.2) is 55.2 Å². The predicted octanol–water partition coefficient (Wildman–Crippen LogP) is 6.57. The molecule has 0 aliphatic rings. The van der Waals surface area contributed by atoms with Crippen molar-refractivity contribution in [2.45, 2.75) is 47.0 Å². The highest BCUT2D eigenvalue weighted by Gasteiger charge is 2.14. The van der Waals surface area contributed by atoms with Crippen LogP contribution in [0.25, 0.3) is 10.9 Å². The van der Waals surface area contributed by atoms with Gasteiger partial charge in [-0.3, -0.25) is 4.79 Å². The Hall–Kier alpha value is -1.99. The summed E-state index contributed by atoms with van der Waals surface area (Å²) in [5.41, 5.74) is 1.33. The summed E-state index contributed by atoms with van der Waals surface area (Å²) in [4.78, 5) is 18.0. The minimum atomic E-state index is -0.180. The Kier molecular flexibility index (Phi) is 7.70. The first-order valence-electron chi connectivity index (χ1n) is 10.4. The van der Waals surface area contributed by atoms with Gasteiger partial charge >= 0.3 is 0 Å². The van der Waals surface area contributed by atoms with Gasteiger partial charge in [-0.1, -0.05) is 66.0 Å². The summed E-state index contributed by atoms with van der Waals surface area (Å²) in [6.07, 6.45) is 4.29. The van der Waals surface area contributed by atoms with Gasteiger partial charge in [0.2, 0.25) is 0 Å². The lowest BCUT2D eigenvalue weighted by Crippen LogP contribution is -2.22.